The molecule has 0 saturated heterocycles. The largest absolute Gasteiger partial charge is 0.361 e. The molecule has 0 fully saturated rings. The lowest BCUT2D eigenvalue weighted by Gasteiger charge is -2.27. The summed E-state index contributed by atoms with van der Waals surface area (Å²) in [6, 6.07) is 25.3. The molecule has 3 aromatic carbocycles. The Bertz CT molecular complexity index is 1440. The van der Waals surface area contributed by atoms with E-state index in [2.05, 4.69) is 82.1 Å². The van der Waals surface area contributed by atoms with Crippen LogP contribution in [0.4, 0.5) is 5.95 Å². The lowest BCUT2D eigenvalue weighted by atomic mass is 9.78. The SMILES string of the molecule is Clc1ccc2c(CCNc3ncc4c(n3)-c3ccccc3C(c3ccccc3)C4)c[nH]c2c1. The molecular formula is C28H23ClN4. The molecular weight excluding hydrogens is 428 g/mol. The van der Waals surface area contributed by atoms with Gasteiger partial charge in [-0.2, -0.15) is 0 Å². The summed E-state index contributed by atoms with van der Waals surface area (Å²) < 4.78 is 0. The average molecular weight is 451 g/mol. The van der Waals surface area contributed by atoms with Gasteiger partial charge in [-0.15, -0.1) is 0 Å². The molecule has 2 aromatic heterocycles. The summed E-state index contributed by atoms with van der Waals surface area (Å²) in [7, 11) is 0. The fourth-order valence-electron chi connectivity index (χ4n) is 4.88. The monoisotopic (exact) mass is 450 g/mol. The molecule has 5 aromatic rings. The molecule has 1 unspecified atom stereocenters. The molecule has 1 aliphatic carbocycles. The summed E-state index contributed by atoms with van der Waals surface area (Å²) in [6.45, 7) is 0.753. The Morgan fingerprint density at radius 1 is 1.00 bits per heavy atom. The maximum atomic E-state index is 6.10. The Morgan fingerprint density at radius 3 is 2.76 bits per heavy atom. The molecule has 6 rings (SSSR count). The molecule has 0 amide bonds. The Kier molecular flexibility index (Phi) is 5.08. The summed E-state index contributed by atoms with van der Waals surface area (Å²) in [6.07, 6.45) is 5.82. The van der Waals surface area contributed by atoms with E-state index >= 15 is 0 Å². The van der Waals surface area contributed by atoms with Crippen molar-refractivity contribution in [2.24, 2.45) is 0 Å². The van der Waals surface area contributed by atoms with Crippen LogP contribution in [0.2, 0.25) is 5.02 Å². The number of halogens is 1. The predicted molar refractivity (Wildman–Crippen MR) is 135 cm³/mol. The topological polar surface area (TPSA) is 53.6 Å². The summed E-state index contributed by atoms with van der Waals surface area (Å²) in [5, 5.41) is 5.36. The second-order valence-corrected chi connectivity index (χ2v) is 8.94. The van der Waals surface area contributed by atoms with Gasteiger partial charge in [0.25, 0.3) is 0 Å². The number of hydrogen-bond donors (Lipinski definition) is 2. The second-order valence-electron chi connectivity index (χ2n) is 8.50. The van der Waals surface area contributed by atoms with E-state index in [-0.39, 0.29) is 0 Å². The molecule has 0 radical (unpaired) electrons. The van der Waals surface area contributed by atoms with Crippen LogP contribution in [0.25, 0.3) is 22.2 Å². The fourth-order valence-corrected chi connectivity index (χ4v) is 5.05. The van der Waals surface area contributed by atoms with Gasteiger partial charge in [-0.25, -0.2) is 9.97 Å². The maximum Gasteiger partial charge on any atom is 0.223 e. The standard InChI is InChI=1S/C28H23ClN4/c29-21-10-11-22-19(16-31-26(22)15-21)12-13-30-28-32-17-20-14-25(18-6-2-1-3-7-18)23-8-4-5-9-24(23)27(20)33-28/h1-11,15-17,25,31H,12-14H2,(H,30,32,33). The second kappa shape index (κ2) is 8.38. The number of anilines is 1. The predicted octanol–water partition coefficient (Wildman–Crippen LogP) is 6.62. The maximum absolute atomic E-state index is 6.10. The van der Waals surface area contributed by atoms with Gasteiger partial charge in [0.05, 0.1) is 5.69 Å². The molecule has 2 heterocycles. The van der Waals surface area contributed by atoms with Crippen molar-refractivity contribution in [1.82, 2.24) is 15.0 Å². The average Bonchev–Trinajstić information content (AvgIpc) is 3.26. The lowest BCUT2D eigenvalue weighted by molar-refractivity contribution is 0.781. The van der Waals surface area contributed by atoms with Crippen LogP contribution in [0.5, 0.6) is 0 Å². The Balaban J connectivity index is 1.24. The first-order valence-corrected chi connectivity index (χ1v) is 11.6. The van der Waals surface area contributed by atoms with Crippen LogP contribution in [-0.2, 0) is 12.8 Å². The van der Waals surface area contributed by atoms with Crippen molar-refractivity contribution in [3.63, 3.8) is 0 Å². The van der Waals surface area contributed by atoms with E-state index in [9.17, 15) is 0 Å². The zero-order valence-electron chi connectivity index (χ0n) is 18.1. The Labute approximate surface area is 197 Å². The summed E-state index contributed by atoms with van der Waals surface area (Å²) in [4.78, 5) is 12.9. The highest BCUT2D eigenvalue weighted by molar-refractivity contribution is 6.31. The third kappa shape index (κ3) is 3.77. The molecule has 33 heavy (non-hydrogen) atoms. The molecule has 1 aliphatic rings. The molecule has 4 nitrogen and oxygen atoms in total. The van der Waals surface area contributed by atoms with Gasteiger partial charge in [0, 0.05) is 46.3 Å². The van der Waals surface area contributed by atoms with Gasteiger partial charge >= 0.3 is 0 Å². The number of H-pyrrole nitrogens is 1. The van der Waals surface area contributed by atoms with Crippen molar-refractivity contribution in [2.45, 2.75) is 18.8 Å². The van der Waals surface area contributed by atoms with Gasteiger partial charge < -0.3 is 10.3 Å². The number of hydrogen-bond acceptors (Lipinski definition) is 3. The van der Waals surface area contributed by atoms with Gasteiger partial charge in [-0.1, -0.05) is 72.3 Å². The minimum absolute atomic E-state index is 0.327. The number of aromatic amines is 1. The third-order valence-electron chi connectivity index (χ3n) is 6.49. The van der Waals surface area contributed by atoms with E-state index < -0.39 is 0 Å². The van der Waals surface area contributed by atoms with Crippen molar-refractivity contribution < 1.29 is 0 Å². The van der Waals surface area contributed by atoms with Crippen LogP contribution in [-0.4, -0.2) is 21.5 Å². The normalized spacial score (nSPS) is 14.6. The van der Waals surface area contributed by atoms with Gasteiger partial charge in [0.2, 0.25) is 5.95 Å². The molecule has 0 aliphatic heterocycles. The summed E-state index contributed by atoms with van der Waals surface area (Å²) in [5.41, 5.74) is 8.41. The number of nitrogens with one attached hydrogen (secondary N) is 2. The first-order valence-electron chi connectivity index (χ1n) is 11.3. The van der Waals surface area contributed by atoms with Crippen molar-refractivity contribution in [3.8, 4) is 11.3 Å². The highest BCUT2D eigenvalue weighted by atomic mass is 35.5. The van der Waals surface area contributed by atoms with E-state index in [0.717, 1.165) is 35.6 Å². The van der Waals surface area contributed by atoms with Crippen LogP contribution >= 0.6 is 11.6 Å². The number of nitrogens with zero attached hydrogens (tertiary/aromatic N) is 2. The minimum Gasteiger partial charge on any atom is -0.361 e. The molecule has 1 atom stereocenters. The van der Waals surface area contributed by atoms with Gasteiger partial charge in [-0.3, -0.25) is 0 Å². The Hall–Kier alpha value is -3.63. The number of fused-ring (bicyclic) bond motifs is 4. The summed E-state index contributed by atoms with van der Waals surface area (Å²) in [5.74, 6) is 0.997. The van der Waals surface area contributed by atoms with Crippen LogP contribution < -0.4 is 5.32 Å². The highest BCUT2D eigenvalue weighted by Gasteiger charge is 2.27. The van der Waals surface area contributed by atoms with Crippen LogP contribution in [0.1, 0.15) is 28.2 Å². The van der Waals surface area contributed by atoms with Gasteiger partial charge in [-0.05, 0) is 47.2 Å². The van der Waals surface area contributed by atoms with Crippen molar-refractivity contribution in [1.29, 1.82) is 0 Å². The molecule has 0 saturated carbocycles. The Morgan fingerprint density at radius 2 is 1.85 bits per heavy atom. The fraction of sp³-hybridized carbons (Fsp3) is 0.143. The zero-order valence-corrected chi connectivity index (χ0v) is 18.8. The van der Waals surface area contributed by atoms with Gasteiger partial charge in [0.15, 0.2) is 0 Å². The highest BCUT2D eigenvalue weighted by Crippen LogP contribution is 2.41. The number of aromatic nitrogens is 3. The first kappa shape index (κ1) is 20.0. The van der Waals surface area contributed by atoms with E-state index in [4.69, 9.17) is 16.6 Å². The summed E-state index contributed by atoms with van der Waals surface area (Å²) >= 11 is 6.10. The quantitative estimate of drug-likeness (QED) is 0.316. The van der Waals surface area contributed by atoms with Crippen LogP contribution in [0, 0.1) is 0 Å². The zero-order chi connectivity index (χ0) is 22.2. The number of rotatable bonds is 5. The molecule has 0 bridgehead atoms. The smallest absolute Gasteiger partial charge is 0.223 e. The van der Waals surface area contributed by atoms with E-state index in [0.29, 0.717) is 11.9 Å². The van der Waals surface area contributed by atoms with Crippen molar-refractivity contribution in [2.75, 3.05) is 11.9 Å². The van der Waals surface area contributed by atoms with Crippen molar-refractivity contribution in [3.05, 3.63) is 112 Å². The van der Waals surface area contributed by atoms with Crippen LogP contribution in [0.3, 0.4) is 0 Å². The molecule has 2 N–H and O–H groups in total. The van der Waals surface area contributed by atoms with E-state index in [1.54, 1.807) is 0 Å². The first-order chi connectivity index (χ1) is 16.3. The molecule has 0 spiro atoms. The lowest BCUT2D eigenvalue weighted by Crippen LogP contribution is -2.16. The number of benzene rings is 3. The third-order valence-corrected chi connectivity index (χ3v) is 6.72. The molecule has 5 heteroatoms. The van der Waals surface area contributed by atoms with Crippen LogP contribution in [0.15, 0.2) is 85.2 Å². The van der Waals surface area contributed by atoms with E-state index in [1.807, 2.05) is 18.3 Å². The minimum atomic E-state index is 0.327. The molecule has 162 valence electrons. The van der Waals surface area contributed by atoms with Gasteiger partial charge in [0.1, 0.15) is 0 Å². The van der Waals surface area contributed by atoms with E-state index in [1.165, 1.54) is 33.2 Å². The van der Waals surface area contributed by atoms with Crippen molar-refractivity contribution >= 4 is 28.5 Å².